The number of halogens is 1. The second kappa shape index (κ2) is 9.84. The minimum atomic E-state index is -0.155. The van der Waals surface area contributed by atoms with Crippen LogP contribution in [0.25, 0.3) is 11.4 Å². The Kier molecular flexibility index (Phi) is 6.62. The standard InChI is InChI=1S/C27H30ClN5O2/c1-17-9-10-21(13-23(17)28)29-27(34)32-12-11-24-22(16-32)26(33-14-18(2)35-19(3)15-33)31-25(30-24)20-7-5-4-6-8-20/h4-10,13,18-19H,11-12,14-16H2,1-3H3,(H,29,34). The number of carbonyl (C=O) groups is 1. The third-order valence-electron chi connectivity index (χ3n) is 6.50. The minimum absolute atomic E-state index is 0.0961. The number of hydrogen-bond acceptors (Lipinski definition) is 5. The number of nitrogens with zero attached hydrogens (tertiary/aromatic N) is 4. The van der Waals surface area contributed by atoms with E-state index in [2.05, 4.69) is 24.1 Å². The molecule has 2 unspecified atom stereocenters. The number of carbonyl (C=O) groups excluding carboxylic acids is 1. The first-order chi connectivity index (χ1) is 16.9. The topological polar surface area (TPSA) is 70.6 Å². The predicted molar refractivity (Wildman–Crippen MR) is 139 cm³/mol. The Morgan fingerprint density at radius 3 is 2.54 bits per heavy atom. The Balaban J connectivity index is 1.46. The highest BCUT2D eigenvalue weighted by molar-refractivity contribution is 6.31. The zero-order chi connectivity index (χ0) is 24.5. The van der Waals surface area contributed by atoms with Crippen molar-refractivity contribution in [3.05, 3.63) is 70.4 Å². The van der Waals surface area contributed by atoms with Gasteiger partial charge in [0.1, 0.15) is 5.82 Å². The molecule has 0 saturated carbocycles. The third kappa shape index (κ3) is 5.11. The summed E-state index contributed by atoms with van der Waals surface area (Å²) in [7, 11) is 0. The van der Waals surface area contributed by atoms with E-state index < -0.39 is 0 Å². The lowest BCUT2D eigenvalue weighted by Crippen LogP contribution is -2.47. The van der Waals surface area contributed by atoms with Crippen LogP contribution in [0, 0.1) is 6.92 Å². The van der Waals surface area contributed by atoms with Gasteiger partial charge in [0, 0.05) is 47.9 Å². The molecular weight excluding hydrogens is 462 g/mol. The van der Waals surface area contributed by atoms with Crippen LogP contribution in [0.4, 0.5) is 16.3 Å². The molecule has 3 aromatic rings. The van der Waals surface area contributed by atoms with Gasteiger partial charge in [0.15, 0.2) is 5.82 Å². The maximum absolute atomic E-state index is 13.2. The maximum atomic E-state index is 13.2. The van der Waals surface area contributed by atoms with E-state index in [0.29, 0.717) is 30.2 Å². The van der Waals surface area contributed by atoms with E-state index in [-0.39, 0.29) is 18.2 Å². The van der Waals surface area contributed by atoms with Gasteiger partial charge in [-0.2, -0.15) is 0 Å². The molecule has 2 atom stereocenters. The van der Waals surface area contributed by atoms with Crippen LogP contribution in [0.5, 0.6) is 0 Å². The Hall–Kier alpha value is -3.16. The summed E-state index contributed by atoms with van der Waals surface area (Å²) in [5.41, 5.74) is 4.66. The zero-order valence-corrected chi connectivity index (χ0v) is 21.0. The van der Waals surface area contributed by atoms with Gasteiger partial charge in [-0.15, -0.1) is 0 Å². The molecule has 1 fully saturated rings. The number of morpholine rings is 1. The lowest BCUT2D eigenvalue weighted by atomic mass is 10.0. The fourth-order valence-corrected chi connectivity index (χ4v) is 4.95. The number of ether oxygens (including phenoxy) is 1. The van der Waals surface area contributed by atoms with Crippen LogP contribution >= 0.6 is 11.6 Å². The number of benzene rings is 2. The van der Waals surface area contributed by atoms with Gasteiger partial charge in [0.2, 0.25) is 0 Å². The molecule has 0 radical (unpaired) electrons. The predicted octanol–water partition coefficient (Wildman–Crippen LogP) is 5.31. The molecule has 3 heterocycles. The minimum Gasteiger partial charge on any atom is -0.372 e. The highest BCUT2D eigenvalue weighted by Crippen LogP contribution is 2.32. The summed E-state index contributed by atoms with van der Waals surface area (Å²) in [4.78, 5) is 27.2. The van der Waals surface area contributed by atoms with Crippen LogP contribution in [-0.4, -0.2) is 52.7 Å². The number of urea groups is 1. The van der Waals surface area contributed by atoms with Crippen molar-refractivity contribution in [3.8, 4) is 11.4 Å². The number of amides is 2. The van der Waals surface area contributed by atoms with Crippen LogP contribution in [0.1, 0.15) is 30.7 Å². The maximum Gasteiger partial charge on any atom is 0.322 e. The molecule has 2 aliphatic heterocycles. The summed E-state index contributed by atoms with van der Waals surface area (Å²) in [5, 5.41) is 3.62. The van der Waals surface area contributed by atoms with Crippen molar-refractivity contribution in [1.29, 1.82) is 0 Å². The van der Waals surface area contributed by atoms with Crippen LogP contribution in [0.15, 0.2) is 48.5 Å². The number of rotatable bonds is 3. The second-order valence-electron chi connectivity index (χ2n) is 9.39. The number of nitrogens with one attached hydrogen (secondary N) is 1. The number of aromatic nitrogens is 2. The monoisotopic (exact) mass is 491 g/mol. The van der Waals surface area contributed by atoms with Gasteiger partial charge in [0.25, 0.3) is 0 Å². The SMILES string of the molecule is Cc1ccc(NC(=O)N2CCc3nc(-c4ccccc4)nc(N4CC(C)OC(C)C4)c3C2)cc1Cl. The lowest BCUT2D eigenvalue weighted by Gasteiger charge is -2.39. The summed E-state index contributed by atoms with van der Waals surface area (Å²) in [6.07, 6.45) is 0.861. The van der Waals surface area contributed by atoms with E-state index >= 15 is 0 Å². The summed E-state index contributed by atoms with van der Waals surface area (Å²) in [6, 6.07) is 15.5. The summed E-state index contributed by atoms with van der Waals surface area (Å²) in [6.45, 7) is 8.63. The molecule has 0 spiro atoms. The average Bonchev–Trinajstić information content (AvgIpc) is 2.85. The Morgan fingerprint density at radius 2 is 1.83 bits per heavy atom. The Morgan fingerprint density at radius 1 is 1.09 bits per heavy atom. The molecular formula is C27H30ClN5O2. The van der Waals surface area contributed by atoms with E-state index in [1.54, 1.807) is 6.07 Å². The summed E-state index contributed by atoms with van der Waals surface area (Å²) < 4.78 is 5.97. The van der Waals surface area contributed by atoms with Crippen LogP contribution < -0.4 is 10.2 Å². The van der Waals surface area contributed by atoms with Crippen molar-refractivity contribution in [3.63, 3.8) is 0 Å². The van der Waals surface area contributed by atoms with Gasteiger partial charge in [-0.05, 0) is 38.5 Å². The van der Waals surface area contributed by atoms with Crippen molar-refractivity contribution in [1.82, 2.24) is 14.9 Å². The molecule has 2 amide bonds. The zero-order valence-electron chi connectivity index (χ0n) is 20.3. The fourth-order valence-electron chi connectivity index (χ4n) is 4.77. The van der Waals surface area contributed by atoms with E-state index in [0.717, 1.165) is 47.1 Å². The van der Waals surface area contributed by atoms with Crippen molar-refractivity contribution in [2.45, 2.75) is 45.9 Å². The first-order valence-electron chi connectivity index (χ1n) is 12.0. The lowest BCUT2D eigenvalue weighted by molar-refractivity contribution is -0.00556. The highest BCUT2D eigenvalue weighted by Gasteiger charge is 2.31. The Labute approximate surface area is 211 Å². The number of hydrogen-bond donors (Lipinski definition) is 1. The molecule has 8 heteroatoms. The third-order valence-corrected chi connectivity index (χ3v) is 6.91. The molecule has 5 rings (SSSR count). The van der Waals surface area contributed by atoms with Gasteiger partial charge < -0.3 is 19.9 Å². The average molecular weight is 492 g/mol. The van der Waals surface area contributed by atoms with Gasteiger partial charge in [-0.1, -0.05) is 48.0 Å². The molecule has 1 N–H and O–H groups in total. The molecule has 35 heavy (non-hydrogen) atoms. The first-order valence-corrected chi connectivity index (χ1v) is 12.4. The van der Waals surface area contributed by atoms with Gasteiger partial charge in [0.05, 0.1) is 24.4 Å². The van der Waals surface area contributed by atoms with Crippen LogP contribution in [0.3, 0.4) is 0 Å². The Bertz CT molecular complexity index is 1230. The molecule has 0 bridgehead atoms. The quantitative estimate of drug-likeness (QED) is 0.537. The van der Waals surface area contributed by atoms with Gasteiger partial charge in [-0.25, -0.2) is 14.8 Å². The number of aryl methyl sites for hydroxylation is 1. The van der Waals surface area contributed by atoms with Crippen LogP contribution in [-0.2, 0) is 17.7 Å². The number of fused-ring (bicyclic) bond motifs is 1. The largest absolute Gasteiger partial charge is 0.372 e. The molecule has 1 aromatic heterocycles. The smallest absolute Gasteiger partial charge is 0.322 e. The van der Waals surface area contributed by atoms with Crippen molar-refractivity contribution in [2.75, 3.05) is 29.9 Å². The van der Waals surface area contributed by atoms with E-state index in [1.165, 1.54) is 0 Å². The highest BCUT2D eigenvalue weighted by atomic mass is 35.5. The van der Waals surface area contributed by atoms with Crippen molar-refractivity contribution in [2.24, 2.45) is 0 Å². The molecule has 2 aromatic carbocycles. The van der Waals surface area contributed by atoms with Gasteiger partial charge >= 0.3 is 6.03 Å². The van der Waals surface area contributed by atoms with Crippen molar-refractivity contribution < 1.29 is 9.53 Å². The normalized spacial score (nSPS) is 19.9. The van der Waals surface area contributed by atoms with Gasteiger partial charge in [-0.3, -0.25) is 0 Å². The molecule has 182 valence electrons. The number of anilines is 2. The molecule has 0 aliphatic carbocycles. The van der Waals surface area contributed by atoms with Crippen molar-refractivity contribution >= 4 is 29.1 Å². The van der Waals surface area contributed by atoms with E-state index in [9.17, 15) is 4.79 Å². The summed E-state index contributed by atoms with van der Waals surface area (Å²) >= 11 is 6.25. The van der Waals surface area contributed by atoms with E-state index in [1.807, 2.05) is 54.3 Å². The van der Waals surface area contributed by atoms with E-state index in [4.69, 9.17) is 26.3 Å². The molecule has 1 saturated heterocycles. The molecule has 2 aliphatic rings. The molecule has 7 nitrogen and oxygen atoms in total. The fraction of sp³-hybridized carbons (Fsp3) is 0.370. The first kappa shape index (κ1) is 23.6. The summed E-state index contributed by atoms with van der Waals surface area (Å²) in [5.74, 6) is 1.62. The van der Waals surface area contributed by atoms with Crippen LogP contribution in [0.2, 0.25) is 5.02 Å². The second-order valence-corrected chi connectivity index (χ2v) is 9.80.